The van der Waals surface area contributed by atoms with Crippen LogP contribution in [0.4, 0.5) is 14.5 Å². The largest absolute Gasteiger partial charge is 0.493 e. The Labute approximate surface area is 151 Å². The van der Waals surface area contributed by atoms with E-state index in [4.69, 9.17) is 9.47 Å². The molecular formula is C19H22F2N2O3. The highest BCUT2D eigenvalue weighted by atomic mass is 19.2. The molecule has 0 fully saturated rings. The maximum absolute atomic E-state index is 13.3. The van der Waals surface area contributed by atoms with Crippen molar-refractivity contribution in [3.8, 4) is 11.5 Å². The zero-order valence-corrected chi connectivity index (χ0v) is 15.2. The van der Waals surface area contributed by atoms with E-state index < -0.39 is 17.7 Å². The van der Waals surface area contributed by atoms with Crippen molar-refractivity contribution >= 4 is 11.6 Å². The van der Waals surface area contributed by atoms with Gasteiger partial charge in [0.05, 0.1) is 20.3 Å². The Balaban J connectivity index is 2.08. The summed E-state index contributed by atoms with van der Waals surface area (Å²) in [5.74, 6) is -1.09. The fraction of sp³-hybridized carbons (Fsp3) is 0.316. The lowest BCUT2D eigenvalue weighted by atomic mass is 10.1. The minimum absolute atomic E-state index is 0.202. The molecule has 0 aromatic heterocycles. The van der Waals surface area contributed by atoms with Crippen molar-refractivity contribution in [2.75, 3.05) is 26.6 Å². The zero-order valence-electron chi connectivity index (χ0n) is 15.2. The molecular weight excluding hydrogens is 342 g/mol. The Hall–Kier alpha value is -2.67. The molecule has 2 aromatic rings. The molecule has 0 aliphatic heterocycles. The summed E-state index contributed by atoms with van der Waals surface area (Å²) in [7, 11) is 4.90. The highest BCUT2D eigenvalue weighted by Gasteiger charge is 2.21. The molecule has 140 valence electrons. The van der Waals surface area contributed by atoms with Crippen LogP contribution in [0.5, 0.6) is 11.5 Å². The number of halogens is 2. The fourth-order valence-electron chi connectivity index (χ4n) is 2.50. The van der Waals surface area contributed by atoms with Gasteiger partial charge in [0.1, 0.15) is 0 Å². The van der Waals surface area contributed by atoms with Gasteiger partial charge in [0.2, 0.25) is 5.91 Å². The van der Waals surface area contributed by atoms with Crippen LogP contribution >= 0.6 is 0 Å². The number of benzene rings is 2. The van der Waals surface area contributed by atoms with Gasteiger partial charge in [0, 0.05) is 23.9 Å². The predicted octanol–water partition coefficient (Wildman–Crippen LogP) is 3.44. The molecule has 0 radical (unpaired) electrons. The Morgan fingerprint density at radius 1 is 1.15 bits per heavy atom. The monoisotopic (exact) mass is 364 g/mol. The molecule has 1 unspecified atom stereocenters. The van der Waals surface area contributed by atoms with E-state index in [1.807, 2.05) is 17.0 Å². The van der Waals surface area contributed by atoms with Gasteiger partial charge < -0.3 is 14.8 Å². The number of rotatable bonds is 7. The van der Waals surface area contributed by atoms with Gasteiger partial charge in [-0.2, -0.15) is 0 Å². The third-order valence-electron chi connectivity index (χ3n) is 4.13. The highest BCUT2D eigenvalue weighted by Crippen LogP contribution is 2.31. The van der Waals surface area contributed by atoms with Crippen LogP contribution in [0.25, 0.3) is 0 Å². The SMILES string of the molecule is COc1cccc(CN(C)C(C)C(=O)Nc2ccc(F)c(F)c2)c1OC. The summed E-state index contributed by atoms with van der Waals surface area (Å²) in [5.41, 5.74) is 1.06. The van der Waals surface area contributed by atoms with Crippen molar-refractivity contribution in [1.29, 1.82) is 0 Å². The quantitative estimate of drug-likeness (QED) is 0.818. The molecule has 0 saturated carbocycles. The smallest absolute Gasteiger partial charge is 0.241 e. The maximum atomic E-state index is 13.3. The van der Waals surface area contributed by atoms with Gasteiger partial charge in [-0.3, -0.25) is 9.69 Å². The number of anilines is 1. The van der Waals surface area contributed by atoms with Gasteiger partial charge in [-0.05, 0) is 32.2 Å². The van der Waals surface area contributed by atoms with Gasteiger partial charge in [-0.25, -0.2) is 8.78 Å². The molecule has 1 atom stereocenters. The van der Waals surface area contributed by atoms with Crippen molar-refractivity contribution < 1.29 is 23.0 Å². The van der Waals surface area contributed by atoms with Gasteiger partial charge in [-0.15, -0.1) is 0 Å². The molecule has 0 aliphatic rings. The van der Waals surface area contributed by atoms with Crippen LogP contribution in [0, 0.1) is 11.6 Å². The summed E-state index contributed by atoms with van der Waals surface area (Å²) in [4.78, 5) is 14.2. The highest BCUT2D eigenvalue weighted by molar-refractivity contribution is 5.94. The first-order valence-electron chi connectivity index (χ1n) is 8.03. The van der Waals surface area contributed by atoms with Crippen LogP contribution in [-0.4, -0.2) is 38.1 Å². The third-order valence-corrected chi connectivity index (χ3v) is 4.13. The standard InChI is InChI=1S/C19H22F2N2O3/c1-12(19(24)22-14-8-9-15(20)16(21)10-14)23(2)11-13-6-5-7-17(25-3)18(13)26-4/h5-10,12H,11H2,1-4H3,(H,22,24). The fourth-order valence-corrected chi connectivity index (χ4v) is 2.50. The van der Waals surface area contributed by atoms with Gasteiger partial charge in [0.25, 0.3) is 0 Å². The summed E-state index contributed by atoms with van der Waals surface area (Å²) >= 11 is 0. The van der Waals surface area contributed by atoms with Crippen LogP contribution in [-0.2, 0) is 11.3 Å². The molecule has 0 saturated heterocycles. The number of amides is 1. The lowest BCUT2D eigenvalue weighted by Gasteiger charge is -2.25. The molecule has 2 rings (SSSR count). The van der Waals surface area contributed by atoms with E-state index in [1.165, 1.54) is 6.07 Å². The van der Waals surface area contributed by atoms with E-state index in [1.54, 1.807) is 34.3 Å². The molecule has 1 N–H and O–H groups in total. The summed E-state index contributed by atoms with van der Waals surface area (Å²) in [6.07, 6.45) is 0. The number of methoxy groups -OCH3 is 2. The number of nitrogens with zero attached hydrogens (tertiary/aromatic N) is 1. The topological polar surface area (TPSA) is 50.8 Å². The third kappa shape index (κ3) is 4.49. The second-order valence-electron chi connectivity index (χ2n) is 5.86. The number of para-hydroxylation sites is 1. The first kappa shape index (κ1) is 19.7. The summed E-state index contributed by atoms with van der Waals surface area (Å²) in [5, 5.41) is 2.58. The normalized spacial score (nSPS) is 12.0. The molecule has 26 heavy (non-hydrogen) atoms. The van der Waals surface area contributed by atoms with Crippen LogP contribution in [0.15, 0.2) is 36.4 Å². The molecule has 2 aromatic carbocycles. The lowest BCUT2D eigenvalue weighted by Crippen LogP contribution is -2.39. The molecule has 0 bridgehead atoms. The Morgan fingerprint density at radius 2 is 1.88 bits per heavy atom. The van der Waals surface area contributed by atoms with E-state index in [9.17, 15) is 13.6 Å². The van der Waals surface area contributed by atoms with Crippen LogP contribution < -0.4 is 14.8 Å². The van der Waals surface area contributed by atoms with E-state index in [0.29, 0.717) is 18.0 Å². The average molecular weight is 364 g/mol. The summed E-state index contributed by atoms with van der Waals surface area (Å²) < 4.78 is 36.9. The van der Waals surface area contributed by atoms with E-state index in [0.717, 1.165) is 17.7 Å². The van der Waals surface area contributed by atoms with Crippen molar-refractivity contribution in [2.24, 2.45) is 0 Å². The minimum Gasteiger partial charge on any atom is -0.493 e. The first-order chi connectivity index (χ1) is 12.4. The van der Waals surface area contributed by atoms with E-state index >= 15 is 0 Å². The van der Waals surface area contributed by atoms with Crippen LogP contribution in [0.1, 0.15) is 12.5 Å². The van der Waals surface area contributed by atoms with Crippen LogP contribution in [0.3, 0.4) is 0 Å². The van der Waals surface area contributed by atoms with E-state index in [2.05, 4.69) is 5.32 Å². The van der Waals surface area contributed by atoms with Gasteiger partial charge in [0.15, 0.2) is 23.1 Å². The summed E-state index contributed by atoms with van der Waals surface area (Å²) in [6, 6.07) is 8.24. The molecule has 0 aliphatic carbocycles. The average Bonchev–Trinajstić information content (AvgIpc) is 2.63. The number of likely N-dealkylation sites (N-methyl/N-ethyl adjacent to an activating group) is 1. The Kier molecular flexibility index (Phi) is 6.52. The lowest BCUT2D eigenvalue weighted by molar-refractivity contribution is -0.120. The second-order valence-corrected chi connectivity index (χ2v) is 5.86. The number of hydrogen-bond acceptors (Lipinski definition) is 4. The van der Waals surface area contributed by atoms with Crippen molar-refractivity contribution in [1.82, 2.24) is 4.90 Å². The number of carbonyl (C=O) groups excluding carboxylic acids is 1. The van der Waals surface area contributed by atoms with Crippen molar-refractivity contribution in [3.05, 3.63) is 53.6 Å². The van der Waals surface area contributed by atoms with Gasteiger partial charge in [-0.1, -0.05) is 12.1 Å². The number of hydrogen-bond donors (Lipinski definition) is 1. The molecule has 0 heterocycles. The van der Waals surface area contributed by atoms with Gasteiger partial charge >= 0.3 is 0 Å². The molecule has 5 nitrogen and oxygen atoms in total. The predicted molar refractivity (Wildman–Crippen MR) is 95.5 cm³/mol. The number of ether oxygens (including phenoxy) is 2. The Morgan fingerprint density at radius 3 is 2.50 bits per heavy atom. The molecule has 1 amide bonds. The Bertz CT molecular complexity index is 783. The first-order valence-corrected chi connectivity index (χ1v) is 8.03. The van der Waals surface area contributed by atoms with Crippen molar-refractivity contribution in [3.63, 3.8) is 0 Å². The minimum atomic E-state index is -1.01. The zero-order chi connectivity index (χ0) is 19.3. The number of carbonyl (C=O) groups is 1. The van der Waals surface area contributed by atoms with Crippen LogP contribution in [0.2, 0.25) is 0 Å². The molecule has 7 heteroatoms. The molecule has 0 spiro atoms. The second kappa shape index (κ2) is 8.62. The summed E-state index contributed by atoms with van der Waals surface area (Å²) in [6.45, 7) is 2.16. The number of nitrogens with one attached hydrogen (secondary N) is 1. The van der Waals surface area contributed by atoms with Crippen molar-refractivity contribution in [2.45, 2.75) is 19.5 Å². The van der Waals surface area contributed by atoms with E-state index in [-0.39, 0.29) is 11.6 Å². The maximum Gasteiger partial charge on any atom is 0.241 e.